The Balaban J connectivity index is 0.00000169. The van der Waals surface area contributed by atoms with E-state index < -0.39 is 12.2 Å². The third-order valence-corrected chi connectivity index (χ3v) is 1.80. The number of hydrogen-bond acceptors (Lipinski definition) is 4. The van der Waals surface area contributed by atoms with Crippen LogP contribution in [0.2, 0.25) is 0 Å². The first kappa shape index (κ1) is 13.0. The van der Waals surface area contributed by atoms with Gasteiger partial charge in [0.1, 0.15) is 0 Å². The molecule has 1 rings (SSSR count). The van der Waals surface area contributed by atoms with Crippen molar-refractivity contribution in [2.24, 2.45) is 0 Å². The summed E-state index contributed by atoms with van der Waals surface area (Å²) in [6.07, 6.45) is 0.422. The molecule has 1 amide bonds. The fraction of sp³-hybridized carbons (Fsp3) is 0.750. The second-order valence-electron chi connectivity index (χ2n) is 2.75. The van der Waals surface area contributed by atoms with Crippen molar-refractivity contribution in [1.29, 1.82) is 0 Å². The van der Waals surface area contributed by atoms with Crippen molar-refractivity contribution in [1.82, 2.24) is 4.90 Å². The standard InChI is InChI=1S/C8H13NO4.ClH/c1-2-12-8(11)13-7(10)9-5-3-4-6-9;/h2-6H2,1H3;1H. The molecular formula is C8H14ClNO4. The van der Waals surface area contributed by atoms with Crippen LogP contribution in [0.1, 0.15) is 19.8 Å². The summed E-state index contributed by atoms with van der Waals surface area (Å²) in [5.74, 6) is 0. The third kappa shape index (κ3) is 3.83. The van der Waals surface area contributed by atoms with E-state index in [9.17, 15) is 9.59 Å². The molecule has 1 aliphatic heterocycles. The van der Waals surface area contributed by atoms with Crippen molar-refractivity contribution in [3.8, 4) is 0 Å². The number of carbonyl (C=O) groups excluding carboxylic acids is 2. The lowest BCUT2D eigenvalue weighted by Gasteiger charge is -2.12. The Morgan fingerprint density at radius 2 is 1.86 bits per heavy atom. The number of carbonyl (C=O) groups is 2. The molecule has 0 spiro atoms. The Hall–Kier alpha value is -0.970. The van der Waals surface area contributed by atoms with Crippen LogP contribution < -0.4 is 0 Å². The fourth-order valence-corrected chi connectivity index (χ4v) is 1.18. The first-order valence-electron chi connectivity index (χ1n) is 4.37. The third-order valence-electron chi connectivity index (χ3n) is 1.80. The smallest absolute Gasteiger partial charge is 0.434 e. The highest BCUT2D eigenvalue weighted by atomic mass is 35.5. The summed E-state index contributed by atoms with van der Waals surface area (Å²) in [6, 6.07) is 0. The van der Waals surface area contributed by atoms with E-state index in [1.165, 1.54) is 4.90 Å². The van der Waals surface area contributed by atoms with E-state index in [1.807, 2.05) is 0 Å². The number of rotatable bonds is 1. The molecule has 82 valence electrons. The van der Waals surface area contributed by atoms with Gasteiger partial charge in [-0.3, -0.25) is 0 Å². The molecule has 0 aromatic heterocycles. The van der Waals surface area contributed by atoms with Crippen LogP contribution in [0.4, 0.5) is 9.59 Å². The van der Waals surface area contributed by atoms with E-state index in [1.54, 1.807) is 6.92 Å². The van der Waals surface area contributed by atoms with Gasteiger partial charge in [-0.1, -0.05) is 0 Å². The lowest BCUT2D eigenvalue weighted by Crippen LogP contribution is -2.30. The summed E-state index contributed by atoms with van der Waals surface area (Å²) in [7, 11) is 0. The van der Waals surface area contributed by atoms with E-state index in [0.29, 0.717) is 13.1 Å². The Labute approximate surface area is 88.8 Å². The quantitative estimate of drug-likeness (QED) is 0.503. The number of halogens is 1. The number of amides is 1. The van der Waals surface area contributed by atoms with Gasteiger partial charge >= 0.3 is 12.2 Å². The van der Waals surface area contributed by atoms with Crippen LogP contribution in [0, 0.1) is 0 Å². The van der Waals surface area contributed by atoms with Crippen molar-refractivity contribution in [2.45, 2.75) is 19.8 Å². The van der Waals surface area contributed by atoms with Gasteiger partial charge in [0, 0.05) is 13.1 Å². The average Bonchev–Trinajstić information content (AvgIpc) is 2.55. The average molecular weight is 224 g/mol. The topological polar surface area (TPSA) is 55.8 Å². The van der Waals surface area contributed by atoms with Crippen LogP contribution in [0.3, 0.4) is 0 Å². The number of nitrogens with zero attached hydrogens (tertiary/aromatic N) is 1. The number of hydrogen-bond donors (Lipinski definition) is 0. The lowest BCUT2D eigenvalue weighted by molar-refractivity contribution is 0.0663. The van der Waals surface area contributed by atoms with Crippen molar-refractivity contribution in [3.63, 3.8) is 0 Å². The molecule has 0 bridgehead atoms. The molecular weight excluding hydrogens is 210 g/mol. The highest BCUT2D eigenvalue weighted by Gasteiger charge is 2.22. The highest BCUT2D eigenvalue weighted by molar-refractivity contribution is 5.85. The molecule has 0 aromatic rings. The predicted octanol–water partition coefficient (Wildman–Crippen LogP) is 1.80. The first-order chi connectivity index (χ1) is 6.24. The van der Waals surface area contributed by atoms with Gasteiger partial charge in [0.2, 0.25) is 0 Å². The van der Waals surface area contributed by atoms with Gasteiger partial charge in [-0.15, -0.1) is 12.4 Å². The van der Waals surface area contributed by atoms with Gasteiger partial charge in [0.05, 0.1) is 6.61 Å². The normalized spacial score (nSPS) is 14.5. The van der Waals surface area contributed by atoms with Crippen LogP contribution >= 0.6 is 12.4 Å². The molecule has 0 aliphatic carbocycles. The molecule has 0 saturated carbocycles. The summed E-state index contributed by atoms with van der Waals surface area (Å²) in [5.41, 5.74) is 0. The molecule has 0 N–H and O–H groups in total. The van der Waals surface area contributed by atoms with Gasteiger partial charge in [-0.05, 0) is 19.8 Å². The Bertz CT molecular complexity index is 204. The first-order valence-corrected chi connectivity index (χ1v) is 4.37. The summed E-state index contributed by atoms with van der Waals surface area (Å²) >= 11 is 0. The van der Waals surface area contributed by atoms with Gasteiger partial charge in [0.15, 0.2) is 0 Å². The second-order valence-corrected chi connectivity index (χ2v) is 2.75. The molecule has 0 unspecified atom stereocenters. The highest BCUT2D eigenvalue weighted by Crippen LogP contribution is 2.08. The molecule has 6 heteroatoms. The van der Waals surface area contributed by atoms with Crippen LogP contribution in [-0.4, -0.2) is 36.8 Å². The molecule has 0 radical (unpaired) electrons. The van der Waals surface area contributed by atoms with Crippen molar-refractivity contribution in [3.05, 3.63) is 0 Å². The van der Waals surface area contributed by atoms with Gasteiger partial charge < -0.3 is 14.4 Å². The minimum absolute atomic E-state index is 0. The Morgan fingerprint density at radius 3 is 2.36 bits per heavy atom. The zero-order valence-electron chi connectivity index (χ0n) is 8.02. The molecule has 1 fully saturated rings. The van der Waals surface area contributed by atoms with Crippen LogP contribution in [-0.2, 0) is 9.47 Å². The molecule has 14 heavy (non-hydrogen) atoms. The maximum absolute atomic E-state index is 11.1. The van der Waals surface area contributed by atoms with Gasteiger partial charge in [0.25, 0.3) is 0 Å². The van der Waals surface area contributed by atoms with Crippen LogP contribution in [0.15, 0.2) is 0 Å². The maximum atomic E-state index is 11.1. The zero-order chi connectivity index (χ0) is 9.68. The summed E-state index contributed by atoms with van der Waals surface area (Å²) in [4.78, 5) is 23.3. The van der Waals surface area contributed by atoms with Crippen molar-refractivity contribution < 1.29 is 19.1 Å². The summed E-state index contributed by atoms with van der Waals surface area (Å²) in [6.45, 7) is 3.20. The van der Waals surface area contributed by atoms with E-state index in [2.05, 4.69) is 9.47 Å². The second kappa shape index (κ2) is 6.48. The Morgan fingerprint density at radius 1 is 1.29 bits per heavy atom. The monoisotopic (exact) mass is 223 g/mol. The predicted molar refractivity (Wildman–Crippen MR) is 51.6 cm³/mol. The van der Waals surface area contributed by atoms with Crippen molar-refractivity contribution >= 4 is 24.7 Å². The molecule has 1 heterocycles. The fourth-order valence-electron chi connectivity index (χ4n) is 1.18. The molecule has 0 aromatic carbocycles. The zero-order valence-corrected chi connectivity index (χ0v) is 8.84. The molecule has 1 aliphatic rings. The largest absolute Gasteiger partial charge is 0.517 e. The van der Waals surface area contributed by atoms with Crippen molar-refractivity contribution in [2.75, 3.05) is 19.7 Å². The minimum atomic E-state index is -0.917. The van der Waals surface area contributed by atoms with E-state index in [-0.39, 0.29) is 19.0 Å². The molecule has 1 saturated heterocycles. The number of likely N-dealkylation sites (tertiary alicyclic amines) is 1. The summed E-state index contributed by atoms with van der Waals surface area (Å²) < 4.78 is 8.86. The SMILES string of the molecule is CCOC(=O)OC(=O)N1CCCC1.Cl. The van der Waals surface area contributed by atoms with E-state index >= 15 is 0 Å². The van der Waals surface area contributed by atoms with Gasteiger partial charge in [-0.25, -0.2) is 9.59 Å². The maximum Gasteiger partial charge on any atom is 0.517 e. The van der Waals surface area contributed by atoms with Gasteiger partial charge in [-0.2, -0.15) is 0 Å². The lowest BCUT2D eigenvalue weighted by atomic mass is 10.4. The molecule has 5 nitrogen and oxygen atoms in total. The van der Waals surface area contributed by atoms with Crippen LogP contribution in [0.25, 0.3) is 0 Å². The number of ether oxygens (including phenoxy) is 2. The van der Waals surface area contributed by atoms with E-state index in [4.69, 9.17) is 0 Å². The van der Waals surface area contributed by atoms with E-state index in [0.717, 1.165) is 12.8 Å². The summed E-state index contributed by atoms with van der Waals surface area (Å²) in [5, 5.41) is 0. The minimum Gasteiger partial charge on any atom is -0.434 e. The Kier molecular flexibility index (Phi) is 6.03. The molecule has 0 atom stereocenters. The van der Waals surface area contributed by atoms with Crippen LogP contribution in [0.5, 0.6) is 0 Å².